The molecule has 2 aromatic carbocycles. The van der Waals surface area contributed by atoms with Crippen molar-refractivity contribution in [3.8, 4) is 0 Å². The van der Waals surface area contributed by atoms with Crippen molar-refractivity contribution in [2.45, 2.75) is 18.8 Å². The quantitative estimate of drug-likeness (QED) is 0.561. The number of fused-ring (bicyclic) bond motifs is 1. The van der Waals surface area contributed by atoms with Gasteiger partial charge in [-0.3, -0.25) is 4.79 Å². The molecule has 140 valence electrons. The number of amides is 1. The number of hydrogen-bond donors (Lipinski definition) is 1. The highest BCUT2D eigenvalue weighted by molar-refractivity contribution is 6.30. The highest BCUT2D eigenvalue weighted by Crippen LogP contribution is 2.32. The van der Waals surface area contributed by atoms with E-state index < -0.39 is 0 Å². The molecule has 0 saturated carbocycles. The molecule has 0 aliphatic carbocycles. The molecule has 0 bridgehead atoms. The van der Waals surface area contributed by atoms with Crippen LogP contribution in [0.4, 0.5) is 5.69 Å². The van der Waals surface area contributed by atoms with Crippen molar-refractivity contribution in [2.75, 3.05) is 11.4 Å². The topological polar surface area (TPSA) is 75.0 Å². The molecule has 1 N–H and O–H groups in total. The van der Waals surface area contributed by atoms with Crippen molar-refractivity contribution in [3.05, 3.63) is 77.0 Å². The molecular weight excluding hydrogens is 376 g/mol. The second-order valence-corrected chi connectivity index (χ2v) is 7.40. The van der Waals surface area contributed by atoms with Crippen LogP contribution >= 0.6 is 11.6 Å². The predicted octanol–water partition coefficient (Wildman–Crippen LogP) is 4.32. The van der Waals surface area contributed by atoms with Gasteiger partial charge in [0.25, 0.3) is 0 Å². The van der Waals surface area contributed by atoms with Crippen molar-refractivity contribution in [1.29, 1.82) is 0 Å². The molecule has 2 aromatic heterocycles. The van der Waals surface area contributed by atoms with Gasteiger partial charge in [-0.25, -0.2) is 0 Å². The van der Waals surface area contributed by atoms with E-state index >= 15 is 0 Å². The van der Waals surface area contributed by atoms with E-state index in [-0.39, 0.29) is 11.8 Å². The first kappa shape index (κ1) is 17.0. The molecule has 1 fully saturated rings. The lowest BCUT2D eigenvalue weighted by atomic mass is 10.1. The minimum atomic E-state index is -0.0908. The number of carbonyl (C=O) groups is 1. The number of benzene rings is 2. The summed E-state index contributed by atoms with van der Waals surface area (Å²) in [4.78, 5) is 22.0. The summed E-state index contributed by atoms with van der Waals surface area (Å²) >= 11 is 6.06. The van der Waals surface area contributed by atoms with Crippen LogP contribution in [0, 0.1) is 0 Å². The van der Waals surface area contributed by atoms with Gasteiger partial charge in [-0.2, -0.15) is 4.98 Å². The Morgan fingerprint density at radius 3 is 3.00 bits per heavy atom. The average Bonchev–Trinajstić information content (AvgIpc) is 3.41. The Morgan fingerprint density at radius 1 is 1.21 bits per heavy atom. The van der Waals surface area contributed by atoms with Crippen molar-refractivity contribution in [2.24, 2.45) is 0 Å². The third-order valence-electron chi connectivity index (χ3n) is 5.11. The molecule has 1 atom stereocenters. The lowest BCUT2D eigenvalue weighted by Gasteiger charge is -2.16. The van der Waals surface area contributed by atoms with Crippen molar-refractivity contribution >= 4 is 34.1 Å². The van der Waals surface area contributed by atoms with Gasteiger partial charge in [-0.15, -0.1) is 0 Å². The maximum absolute atomic E-state index is 12.5. The van der Waals surface area contributed by atoms with Crippen molar-refractivity contribution in [3.63, 3.8) is 0 Å². The van der Waals surface area contributed by atoms with Gasteiger partial charge in [-0.05, 0) is 29.8 Å². The lowest BCUT2D eigenvalue weighted by molar-refractivity contribution is -0.117. The second-order valence-electron chi connectivity index (χ2n) is 6.97. The number of nitrogens with zero attached hydrogens (tertiary/aromatic N) is 3. The van der Waals surface area contributed by atoms with Gasteiger partial charge in [0.2, 0.25) is 11.8 Å². The number of aromatic nitrogens is 3. The highest BCUT2D eigenvalue weighted by Gasteiger charge is 2.34. The molecule has 5 rings (SSSR count). The predicted molar refractivity (Wildman–Crippen MR) is 107 cm³/mol. The first-order chi connectivity index (χ1) is 13.7. The minimum absolute atomic E-state index is 0.0373. The summed E-state index contributed by atoms with van der Waals surface area (Å²) < 4.78 is 5.47. The number of rotatable bonds is 4. The molecular formula is C21H17ClN4O2. The molecule has 0 spiro atoms. The number of para-hydroxylation sites is 1. The zero-order chi connectivity index (χ0) is 19.1. The Labute approximate surface area is 166 Å². The first-order valence-electron chi connectivity index (χ1n) is 9.11. The average molecular weight is 393 g/mol. The molecule has 1 amide bonds. The van der Waals surface area contributed by atoms with Crippen molar-refractivity contribution in [1.82, 2.24) is 15.1 Å². The first-order valence-corrected chi connectivity index (χ1v) is 9.48. The number of halogens is 1. The summed E-state index contributed by atoms with van der Waals surface area (Å²) in [6.07, 6.45) is 2.88. The van der Waals surface area contributed by atoms with E-state index in [0.29, 0.717) is 36.1 Å². The summed E-state index contributed by atoms with van der Waals surface area (Å²) in [6, 6.07) is 15.4. The van der Waals surface area contributed by atoms with E-state index in [4.69, 9.17) is 16.1 Å². The maximum atomic E-state index is 12.5. The zero-order valence-electron chi connectivity index (χ0n) is 14.9. The summed E-state index contributed by atoms with van der Waals surface area (Å²) in [6.45, 7) is 0.519. The molecule has 6 nitrogen and oxygen atoms in total. The number of aromatic amines is 1. The largest absolute Gasteiger partial charge is 0.361 e. The van der Waals surface area contributed by atoms with Crippen LogP contribution < -0.4 is 4.90 Å². The Balaban J connectivity index is 1.34. The van der Waals surface area contributed by atoms with Crippen LogP contribution in [0.1, 0.15) is 29.6 Å². The van der Waals surface area contributed by atoms with Crippen LogP contribution in [0.2, 0.25) is 5.02 Å². The number of H-pyrrole nitrogens is 1. The SMILES string of the molecule is O=C1CC(c2noc(Cc3c[nH]c4ccccc34)n2)CN1c1cccc(Cl)c1. The molecule has 7 heteroatoms. The Bertz CT molecular complexity index is 1170. The second kappa shape index (κ2) is 6.80. The summed E-state index contributed by atoms with van der Waals surface area (Å²) in [5.41, 5.74) is 2.98. The van der Waals surface area contributed by atoms with Gasteiger partial charge < -0.3 is 14.4 Å². The van der Waals surface area contributed by atoms with Crippen LogP contribution in [0.15, 0.2) is 59.3 Å². The van der Waals surface area contributed by atoms with E-state index in [1.54, 1.807) is 17.0 Å². The molecule has 1 aliphatic rings. The van der Waals surface area contributed by atoms with E-state index in [1.165, 1.54) is 0 Å². The highest BCUT2D eigenvalue weighted by atomic mass is 35.5. The zero-order valence-corrected chi connectivity index (χ0v) is 15.7. The number of hydrogen-bond acceptors (Lipinski definition) is 4. The number of nitrogens with one attached hydrogen (secondary N) is 1. The van der Waals surface area contributed by atoms with E-state index in [9.17, 15) is 4.79 Å². The molecule has 0 radical (unpaired) electrons. The Kier molecular flexibility index (Phi) is 4.13. The van der Waals surface area contributed by atoms with Gasteiger partial charge in [0, 0.05) is 46.7 Å². The number of anilines is 1. The fraction of sp³-hybridized carbons (Fsp3) is 0.190. The maximum Gasteiger partial charge on any atom is 0.231 e. The van der Waals surface area contributed by atoms with Crippen molar-refractivity contribution < 1.29 is 9.32 Å². The Morgan fingerprint density at radius 2 is 2.11 bits per heavy atom. The van der Waals surface area contributed by atoms with Crippen LogP contribution in [0.5, 0.6) is 0 Å². The fourth-order valence-electron chi connectivity index (χ4n) is 3.72. The minimum Gasteiger partial charge on any atom is -0.361 e. The lowest BCUT2D eigenvalue weighted by Crippen LogP contribution is -2.24. The molecule has 3 heterocycles. The van der Waals surface area contributed by atoms with Crippen LogP contribution in [-0.4, -0.2) is 27.6 Å². The third kappa shape index (κ3) is 3.05. The van der Waals surface area contributed by atoms with Gasteiger partial charge in [-0.1, -0.05) is 41.0 Å². The molecule has 1 aliphatic heterocycles. The summed E-state index contributed by atoms with van der Waals surface area (Å²) in [7, 11) is 0. The smallest absolute Gasteiger partial charge is 0.231 e. The summed E-state index contributed by atoms with van der Waals surface area (Å²) in [5.74, 6) is 1.07. The van der Waals surface area contributed by atoms with Crippen LogP contribution in [0.3, 0.4) is 0 Å². The molecule has 28 heavy (non-hydrogen) atoms. The molecule has 1 unspecified atom stereocenters. The number of carbonyl (C=O) groups excluding carboxylic acids is 1. The standard InChI is InChI=1S/C21H17ClN4O2/c22-15-4-3-5-16(10-15)26-12-14(9-20(26)27)21-24-19(28-25-21)8-13-11-23-18-7-2-1-6-17(13)18/h1-7,10-11,14,23H,8-9,12H2. The fourth-order valence-corrected chi connectivity index (χ4v) is 3.91. The van der Waals surface area contributed by atoms with E-state index in [1.807, 2.05) is 36.5 Å². The monoisotopic (exact) mass is 392 g/mol. The Hall–Kier alpha value is -3.12. The van der Waals surface area contributed by atoms with Gasteiger partial charge >= 0.3 is 0 Å². The van der Waals surface area contributed by atoms with Gasteiger partial charge in [0.15, 0.2) is 5.82 Å². The van der Waals surface area contributed by atoms with E-state index in [2.05, 4.69) is 21.2 Å². The summed E-state index contributed by atoms with van der Waals surface area (Å²) in [5, 5.41) is 5.89. The van der Waals surface area contributed by atoms with Crippen LogP contribution in [0.25, 0.3) is 10.9 Å². The molecule has 1 saturated heterocycles. The molecule has 4 aromatic rings. The van der Waals surface area contributed by atoms with Gasteiger partial charge in [0.05, 0.1) is 6.42 Å². The van der Waals surface area contributed by atoms with Gasteiger partial charge in [0.1, 0.15) is 0 Å². The third-order valence-corrected chi connectivity index (χ3v) is 5.35. The van der Waals surface area contributed by atoms with E-state index in [0.717, 1.165) is 22.2 Å². The normalized spacial score (nSPS) is 17.0. The van der Waals surface area contributed by atoms with Crippen LogP contribution in [-0.2, 0) is 11.2 Å².